The summed E-state index contributed by atoms with van der Waals surface area (Å²) < 4.78 is 4.96. The molecule has 1 heterocycles. The monoisotopic (exact) mass is 219 g/mol. The minimum atomic E-state index is -0.619. The molecule has 0 fully saturated rings. The van der Waals surface area contributed by atoms with Crippen molar-refractivity contribution in [3.63, 3.8) is 0 Å². The molecule has 0 aliphatic carbocycles. The Bertz CT molecular complexity index is 464. The normalized spacial score (nSPS) is 12.7. The van der Waals surface area contributed by atoms with Gasteiger partial charge in [0.05, 0.1) is 6.61 Å². The summed E-state index contributed by atoms with van der Waals surface area (Å²) in [6.45, 7) is 1.79. The van der Waals surface area contributed by atoms with E-state index in [0.717, 1.165) is 5.56 Å². The van der Waals surface area contributed by atoms with Gasteiger partial charge in [0.25, 0.3) is 0 Å². The molecule has 1 atom stereocenters. The Balaban J connectivity index is 2.28. The van der Waals surface area contributed by atoms with E-state index >= 15 is 0 Å². The molecule has 0 saturated carbocycles. The zero-order chi connectivity index (χ0) is 11.5. The van der Waals surface area contributed by atoms with Crippen molar-refractivity contribution in [2.24, 2.45) is 5.73 Å². The molecule has 1 aromatic heterocycles. The molecule has 2 rings (SSSR count). The van der Waals surface area contributed by atoms with Crippen LogP contribution in [0.5, 0.6) is 0 Å². The number of nitrogens with zero attached hydrogens (tertiary/aromatic N) is 2. The van der Waals surface area contributed by atoms with Crippen LogP contribution in [-0.4, -0.2) is 21.9 Å². The van der Waals surface area contributed by atoms with Crippen molar-refractivity contribution in [1.82, 2.24) is 10.1 Å². The molecule has 0 spiro atoms. The van der Waals surface area contributed by atoms with Crippen molar-refractivity contribution in [2.45, 2.75) is 13.0 Å². The number of rotatable bonds is 3. The molecule has 0 saturated heterocycles. The maximum atomic E-state index is 8.85. The van der Waals surface area contributed by atoms with Gasteiger partial charge in [-0.2, -0.15) is 4.98 Å². The molecule has 0 amide bonds. The molecule has 0 unspecified atom stereocenters. The van der Waals surface area contributed by atoms with Crippen LogP contribution in [-0.2, 0) is 0 Å². The van der Waals surface area contributed by atoms with E-state index in [1.54, 1.807) is 0 Å². The zero-order valence-corrected chi connectivity index (χ0v) is 8.92. The fourth-order valence-electron chi connectivity index (χ4n) is 1.28. The molecular weight excluding hydrogens is 206 g/mol. The van der Waals surface area contributed by atoms with Gasteiger partial charge >= 0.3 is 0 Å². The van der Waals surface area contributed by atoms with Crippen LogP contribution in [0.2, 0.25) is 0 Å². The largest absolute Gasteiger partial charge is 0.394 e. The van der Waals surface area contributed by atoms with Crippen molar-refractivity contribution in [2.75, 3.05) is 6.61 Å². The molecular formula is C11H13N3O2. The summed E-state index contributed by atoms with van der Waals surface area (Å²) in [5.41, 5.74) is 7.60. The van der Waals surface area contributed by atoms with E-state index < -0.39 is 6.04 Å². The van der Waals surface area contributed by atoms with E-state index in [2.05, 4.69) is 10.1 Å². The van der Waals surface area contributed by atoms with E-state index in [0.29, 0.717) is 5.82 Å². The number of aryl methyl sites for hydroxylation is 1. The molecule has 5 nitrogen and oxygen atoms in total. The van der Waals surface area contributed by atoms with Gasteiger partial charge in [-0.05, 0) is 6.92 Å². The van der Waals surface area contributed by atoms with Crippen LogP contribution in [0.25, 0.3) is 11.4 Å². The van der Waals surface area contributed by atoms with Crippen molar-refractivity contribution < 1.29 is 9.63 Å². The molecule has 0 radical (unpaired) electrons. The minimum absolute atomic E-state index is 0.213. The highest BCUT2D eigenvalue weighted by molar-refractivity contribution is 5.54. The summed E-state index contributed by atoms with van der Waals surface area (Å²) in [6.07, 6.45) is 0. The fourth-order valence-corrected chi connectivity index (χ4v) is 1.28. The first-order chi connectivity index (χ1) is 7.70. The number of hydrogen-bond acceptors (Lipinski definition) is 5. The van der Waals surface area contributed by atoms with E-state index in [1.807, 2.05) is 31.2 Å². The number of benzene rings is 1. The molecule has 3 N–H and O–H groups in total. The third kappa shape index (κ3) is 2.10. The third-order valence-electron chi connectivity index (χ3n) is 2.27. The third-order valence-corrected chi connectivity index (χ3v) is 2.27. The summed E-state index contributed by atoms with van der Waals surface area (Å²) in [5.74, 6) is 0.733. The van der Waals surface area contributed by atoms with Gasteiger partial charge in [0.2, 0.25) is 11.7 Å². The fraction of sp³-hybridized carbons (Fsp3) is 0.273. The molecule has 0 aliphatic heterocycles. The number of aliphatic hydroxyl groups is 1. The molecule has 5 heteroatoms. The van der Waals surface area contributed by atoms with Crippen molar-refractivity contribution >= 4 is 0 Å². The maximum Gasteiger partial charge on any atom is 0.246 e. The van der Waals surface area contributed by atoms with Crippen LogP contribution < -0.4 is 5.73 Å². The van der Waals surface area contributed by atoms with Gasteiger partial charge in [-0.15, -0.1) is 0 Å². The Labute approximate surface area is 92.9 Å². The summed E-state index contributed by atoms with van der Waals surface area (Å²) in [5, 5.41) is 12.7. The van der Waals surface area contributed by atoms with Gasteiger partial charge < -0.3 is 15.4 Å². The molecule has 0 bridgehead atoms. The van der Waals surface area contributed by atoms with Gasteiger partial charge in [0, 0.05) is 5.56 Å². The Kier molecular flexibility index (Phi) is 2.98. The number of hydrogen-bond donors (Lipinski definition) is 2. The second-order valence-electron chi connectivity index (χ2n) is 3.61. The van der Waals surface area contributed by atoms with Crippen LogP contribution >= 0.6 is 0 Å². The zero-order valence-electron chi connectivity index (χ0n) is 8.92. The van der Waals surface area contributed by atoms with E-state index in [4.69, 9.17) is 15.4 Å². The average molecular weight is 219 g/mol. The standard InChI is InChI=1S/C11H13N3O2/c1-7-2-4-8(5-3-7)10-13-11(16-14-10)9(12)6-15/h2-5,9,15H,6,12H2,1H3/t9-/m0/s1. The number of aliphatic hydroxyl groups excluding tert-OH is 1. The molecule has 1 aromatic carbocycles. The molecule has 84 valence electrons. The second kappa shape index (κ2) is 4.42. The topological polar surface area (TPSA) is 85.2 Å². The Morgan fingerprint density at radius 1 is 1.38 bits per heavy atom. The predicted octanol–water partition coefficient (Wildman–Crippen LogP) is 1.04. The Morgan fingerprint density at radius 2 is 2.06 bits per heavy atom. The molecule has 0 aliphatic rings. The van der Waals surface area contributed by atoms with Crippen LogP contribution in [0.3, 0.4) is 0 Å². The summed E-state index contributed by atoms with van der Waals surface area (Å²) >= 11 is 0. The van der Waals surface area contributed by atoms with E-state index in [1.165, 1.54) is 5.56 Å². The average Bonchev–Trinajstić information content (AvgIpc) is 2.78. The Hall–Kier alpha value is -1.72. The molecule has 16 heavy (non-hydrogen) atoms. The van der Waals surface area contributed by atoms with Crippen molar-refractivity contribution in [3.8, 4) is 11.4 Å². The first kappa shape index (κ1) is 10.8. The van der Waals surface area contributed by atoms with E-state index in [-0.39, 0.29) is 12.5 Å². The number of aromatic nitrogens is 2. The lowest BCUT2D eigenvalue weighted by Crippen LogP contribution is -2.14. The Morgan fingerprint density at radius 3 is 2.69 bits per heavy atom. The first-order valence-electron chi connectivity index (χ1n) is 4.98. The smallest absolute Gasteiger partial charge is 0.246 e. The maximum absolute atomic E-state index is 8.85. The van der Waals surface area contributed by atoms with E-state index in [9.17, 15) is 0 Å². The lowest BCUT2D eigenvalue weighted by molar-refractivity contribution is 0.237. The lowest BCUT2D eigenvalue weighted by Gasteiger charge is -1.98. The van der Waals surface area contributed by atoms with Crippen molar-refractivity contribution in [1.29, 1.82) is 0 Å². The second-order valence-corrected chi connectivity index (χ2v) is 3.61. The van der Waals surface area contributed by atoms with Crippen LogP contribution in [0.15, 0.2) is 28.8 Å². The first-order valence-corrected chi connectivity index (χ1v) is 4.98. The summed E-state index contributed by atoms with van der Waals surface area (Å²) in [4.78, 5) is 4.12. The van der Waals surface area contributed by atoms with Gasteiger partial charge in [0.1, 0.15) is 6.04 Å². The SMILES string of the molecule is Cc1ccc(-c2noc([C@@H](N)CO)n2)cc1. The van der Waals surface area contributed by atoms with Crippen molar-refractivity contribution in [3.05, 3.63) is 35.7 Å². The number of nitrogens with two attached hydrogens (primary N) is 1. The highest BCUT2D eigenvalue weighted by Gasteiger charge is 2.14. The minimum Gasteiger partial charge on any atom is -0.394 e. The lowest BCUT2D eigenvalue weighted by atomic mass is 10.1. The van der Waals surface area contributed by atoms with Gasteiger partial charge in [-0.3, -0.25) is 0 Å². The van der Waals surface area contributed by atoms with Gasteiger partial charge in [-0.25, -0.2) is 0 Å². The highest BCUT2D eigenvalue weighted by atomic mass is 16.5. The predicted molar refractivity (Wildman–Crippen MR) is 58.5 cm³/mol. The highest BCUT2D eigenvalue weighted by Crippen LogP contribution is 2.18. The molecule has 2 aromatic rings. The van der Waals surface area contributed by atoms with Crippen LogP contribution in [0, 0.1) is 6.92 Å². The van der Waals surface area contributed by atoms with Crippen LogP contribution in [0.1, 0.15) is 17.5 Å². The van der Waals surface area contributed by atoms with Gasteiger partial charge in [0.15, 0.2) is 0 Å². The van der Waals surface area contributed by atoms with Gasteiger partial charge in [-0.1, -0.05) is 35.0 Å². The summed E-state index contributed by atoms with van der Waals surface area (Å²) in [7, 11) is 0. The van der Waals surface area contributed by atoms with Crippen LogP contribution in [0.4, 0.5) is 0 Å². The summed E-state index contributed by atoms with van der Waals surface area (Å²) in [6, 6.07) is 7.14. The quantitative estimate of drug-likeness (QED) is 0.805.